The van der Waals surface area contributed by atoms with E-state index in [1.165, 1.54) is 10.6 Å². The Morgan fingerprint density at radius 1 is 0.955 bits per heavy atom. The Kier molecular flexibility index (Phi) is 11.7. The lowest BCUT2D eigenvalue weighted by Crippen LogP contribution is -2.52. The molecule has 0 bridgehead atoms. The number of halogens is 2. The van der Waals surface area contributed by atoms with E-state index in [4.69, 9.17) is 23.2 Å². The number of hydrogen-bond donors (Lipinski definition) is 1. The van der Waals surface area contributed by atoms with Crippen LogP contribution in [0.1, 0.15) is 60.8 Å². The normalized spacial score (nSPS) is 14.3. The minimum absolute atomic E-state index is 0.0287. The number of aryl methyl sites for hydroxylation is 2. The molecule has 1 fully saturated rings. The van der Waals surface area contributed by atoms with E-state index in [2.05, 4.69) is 5.32 Å². The molecule has 0 unspecified atom stereocenters. The fourth-order valence-corrected chi connectivity index (χ4v) is 7.28. The van der Waals surface area contributed by atoms with E-state index >= 15 is 0 Å². The average Bonchev–Trinajstić information content (AvgIpc) is 3.48. The van der Waals surface area contributed by atoms with Gasteiger partial charge < -0.3 is 10.2 Å². The Hall–Kier alpha value is -3.07. The van der Waals surface area contributed by atoms with E-state index in [1.54, 1.807) is 23.1 Å². The van der Waals surface area contributed by atoms with Crippen LogP contribution in [0.4, 0.5) is 5.69 Å². The quantitative estimate of drug-likeness (QED) is 0.218. The van der Waals surface area contributed by atoms with Gasteiger partial charge in [0.05, 0.1) is 11.9 Å². The summed E-state index contributed by atoms with van der Waals surface area (Å²) < 4.78 is 27.0. The van der Waals surface area contributed by atoms with Gasteiger partial charge in [0.2, 0.25) is 21.8 Å². The number of anilines is 1. The fourth-order valence-electron chi connectivity index (χ4n) is 5.75. The van der Waals surface area contributed by atoms with Gasteiger partial charge in [-0.05, 0) is 68.0 Å². The molecular formula is C34H41Cl2N3O4S. The van der Waals surface area contributed by atoms with Crippen molar-refractivity contribution in [3.05, 3.63) is 99.0 Å². The minimum atomic E-state index is -3.61. The maximum absolute atomic E-state index is 14.1. The van der Waals surface area contributed by atoms with Crippen molar-refractivity contribution < 1.29 is 18.0 Å². The van der Waals surface area contributed by atoms with E-state index in [0.29, 0.717) is 27.7 Å². The van der Waals surface area contributed by atoms with Crippen molar-refractivity contribution in [1.29, 1.82) is 0 Å². The molecule has 7 nitrogen and oxygen atoms in total. The van der Waals surface area contributed by atoms with E-state index in [1.807, 2.05) is 62.4 Å². The molecule has 10 heteroatoms. The molecule has 1 aliphatic rings. The van der Waals surface area contributed by atoms with Crippen LogP contribution in [-0.2, 0) is 32.6 Å². The molecule has 1 aliphatic carbocycles. The van der Waals surface area contributed by atoms with Crippen LogP contribution in [0.5, 0.6) is 0 Å². The number of carbonyl (C=O) groups is 2. The molecule has 3 aromatic carbocycles. The fraction of sp³-hybridized carbons (Fsp3) is 0.412. The zero-order valence-corrected chi connectivity index (χ0v) is 27.9. The summed E-state index contributed by atoms with van der Waals surface area (Å²) in [6, 6.07) is 19.7. The van der Waals surface area contributed by atoms with Crippen LogP contribution in [0.25, 0.3) is 0 Å². The van der Waals surface area contributed by atoms with Crippen molar-refractivity contribution in [2.75, 3.05) is 17.1 Å². The van der Waals surface area contributed by atoms with Gasteiger partial charge in [0.15, 0.2) is 0 Å². The molecule has 0 saturated heterocycles. The summed E-state index contributed by atoms with van der Waals surface area (Å²) >= 11 is 13.1. The van der Waals surface area contributed by atoms with Gasteiger partial charge in [0.1, 0.15) is 6.04 Å². The van der Waals surface area contributed by atoms with Crippen molar-refractivity contribution in [3.8, 4) is 0 Å². The number of nitrogens with zero attached hydrogens (tertiary/aromatic N) is 2. The zero-order valence-electron chi connectivity index (χ0n) is 25.6. The second-order valence-corrected chi connectivity index (χ2v) is 14.4. The van der Waals surface area contributed by atoms with Crippen molar-refractivity contribution in [2.45, 2.75) is 77.4 Å². The molecule has 0 aromatic heterocycles. The lowest BCUT2D eigenvalue weighted by atomic mass is 10.0. The van der Waals surface area contributed by atoms with Gasteiger partial charge in [0, 0.05) is 47.6 Å². The van der Waals surface area contributed by atoms with Crippen molar-refractivity contribution >= 4 is 50.7 Å². The molecule has 0 spiro atoms. The molecule has 1 N–H and O–H groups in total. The Morgan fingerprint density at radius 3 is 2.25 bits per heavy atom. The number of hydrogen-bond acceptors (Lipinski definition) is 4. The van der Waals surface area contributed by atoms with Crippen molar-refractivity contribution in [2.24, 2.45) is 0 Å². The van der Waals surface area contributed by atoms with E-state index in [0.717, 1.165) is 42.4 Å². The monoisotopic (exact) mass is 657 g/mol. The number of sulfonamides is 1. The molecule has 4 rings (SSSR count). The highest BCUT2D eigenvalue weighted by atomic mass is 35.5. The predicted octanol–water partition coefficient (Wildman–Crippen LogP) is 6.86. The van der Waals surface area contributed by atoms with E-state index < -0.39 is 16.1 Å². The lowest BCUT2D eigenvalue weighted by molar-refractivity contribution is -0.141. The second kappa shape index (κ2) is 15.3. The van der Waals surface area contributed by atoms with Crippen molar-refractivity contribution in [1.82, 2.24) is 10.2 Å². The summed E-state index contributed by atoms with van der Waals surface area (Å²) in [4.78, 5) is 29.6. The summed E-state index contributed by atoms with van der Waals surface area (Å²) in [6.45, 7) is 3.94. The summed E-state index contributed by atoms with van der Waals surface area (Å²) in [7, 11) is -3.61. The second-order valence-electron chi connectivity index (χ2n) is 11.6. The van der Waals surface area contributed by atoms with Crippen LogP contribution in [0.2, 0.25) is 10.0 Å². The maximum atomic E-state index is 14.1. The molecule has 1 atom stereocenters. The molecule has 0 heterocycles. The van der Waals surface area contributed by atoms with E-state index in [9.17, 15) is 18.0 Å². The van der Waals surface area contributed by atoms with Crippen LogP contribution >= 0.6 is 23.2 Å². The minimum Gasteiger partial charge on any atom is -0.352 e. The van der Waals surface area contributed by atoms with Crippen molar-refractivity contribution in [3.63, 3.8) is 0 Å². The molecule has 0 radical (unpaired) electrons. The third-order valence-electron chi connectivity index (χ3n) is 8.15. The summed E-state index contributed by atoms with van der Waals surface area (Å²) in [5.74, 6) is -0.497. The number of amides is 2. The first-order chi connectivity index (χ1) is 20.9. The Balaban J connectivity index is 1.63. The topological polar surface area (TPSA) is 86.8 Å². The summed E-state index contributed by atoms with van der Waals surface area (Å²) in [5.41, 5.74) is 3.84. The predicted molar refractivity (Wildman–Crippen MR) is 179 cm³/mol. The summed E-state index contributed by atoms with van der Waals surface area (Å²) in [6.07, 6.45) is 5.71. The number of nitrogens with one attached hydrogen (secondary N) is 1. The van der Waals surface area contributed by atoms with Gasteiger partial charge in [-0.25, -0.2) is 8.42 Å². The maximum Gasteiger partial charge on any atom is 0.243 e. The van der Waals surface area contributed by atoms with Crippen LogP contribution in [0.15, 0.2) is 66.7 Å². The molecule has 44 heavy (non-hydrogen) atoms. The molecule has 236 valence electrons. The Bertz CT molecular complexity index is 1540. The van der Waals surface area contributed by atoms with Gasteiger partial charge in [-0.2, -0.15) is 0 Å². The zero-order chi connectivity index (χ0) is 31.9. The van der Waals surface area contributed by atoms with E-state index in [-0.39, 0.29) is 43.8 Å². The molecule has 3 aromatic rings. The molecular weight excluding hydrogens is 617 g/mol. The van der Waals surface area contributed by atoms with Gasteiger partial charge in [-0.3, -0.25) is 13.9 Å². The number of rotatable bonds is 13. The van der Waals surface area contributed by atoms with Gasteiger partial charge >= 0.3 is 0 Å². The third kappa shape index (κ3) is 8.99. The Labute approximate surface area is 271 Å². The van der Waals surface area contributed by atoms with Crippen LogP contribution < -0.4 is 9.62 Å². The first-order valence-corrected chi connectivity index (χ1v) is 17.7. The van der Waals surface area contributed by atoms with Gasteiger partial charge in [-0.15, -0.1) is 0 Å². The smallest absolute Gasteiger partial charge is 0.243 e. The first-order valence-electron chi connectivity index (χ1n) is 15.1. The van der Waals surface area contributed by atoms with Crippen LogP contribution in [-0.4, -0.2) is 50.0 Å². The van der Waals surface area contributed by atoms with Gasteiger partial charge in [0.25, 0.3) is 0 Å². The highest BCUT2D eigenvalue weighted by Crippen LogP contribution is 2.29. The van der Waals surface area contributed by atoms with Gasteiger partial charge in [-0.1, -0.05) is 84.6 Å². The van der Waals surface area contributed by atoms with Crippen LogP contribution in [0.3, 0.4) is 0 Å². The SMILES string of the molecule is Cc1ccc(C)c(N(CCCC(=O)N(Cc2c(Cl)cccc2Cl)[C@@H](Cc2ccccc2)C(=O)NC2CCCC2)S(C)(=O)=O)c1. The lowest BCUT2D eigenvalue weighted by Gasteiger charge is -2.33. The summed E-state index contributed by atoms with van der Waals surface area (Å²) in [5, 5.41) is 4.00. The molecule has 2 amide bonds. The highest BCUT2D eigenvalue weighted by molar-refractivity contribution is 7.92. The number of carbonyl (C=O) groups excluding carboxylic acids is 2. The molecule has 1 saturated carbocycles. The largest absolute Gasteiger partial charge is 0.352 e. The highest BCUT2D eigenvalue weighted by Gasteiger charge is 2.33. The van der Waals surface area contributed by atoms with Crippen LogP contribution in [0, 0.1) is 13.8 Å². The molecule has 0 aliphatic heterocycles. The first kappa shape index (κ1) is 33.8. The average molecular weight is 659 g/mol. The third-order valence-corrected chi connectivity index (χ3v) is 10.0. The Morgan fingerprint density at radius 2 is 1.61 bits per heavy atom. The number of benzene rings is 3. The standard InChI is InChI=1S/C34H41Cl2N3O4S/c1-24-18-19-25(2)31(21-24)39(44(3,42)43)20-10-17-33(40)38(23-28-29(35)15-9-16-30(28)36)32(22-26-11-5-4-6-12-26)34(41)37-27-13-7-8-14-27/h4-6,9,11-12,15-16,18-19,21,27,32H,7-8,10,13-14,17,20,22-23H2,1-3H3,(H,37,41)/t32-/m0/s1.